The summed E-state index contributed by atoms with van der Waals surface area (Å²) in [6.45, 7) is 0. The van der Waals surface area contributed by atoms with Gasteiger partial charge in [0, 0.05) is 60.5 Å². The highest BCUT2D eigenvalue weighted by atomic mass is 16.5. The van der Waals surface area contributed by atoms with Crippen LogP contribution in [0.2, 0.25) is 0 Å². The molecule has 0 bridgehead atoms. The molecule has 0 N–H and O–H groups in total. The second-order valence-electron chi connectivity index (χ2n) is 17.3. The fourth-order valence-electron chi connectivity index (χ4n) is 10.9. The van der Waals surface area contributed by atoms with Gasteiger partial charge in [0.05, 0.1) is 38.8 Å². The molecule has 14 aromatic rings. The lowest BCUT2D eigenvalue weighted by atomic mass is 10.0. The van der Waals surface area contributed by atoms with Gasteiger partial charge in [0.1, 0.15) is 11.2 Å². The number of furan rings is 1. The van der Waals surface area contributed by atoms with Crippen molar-refractivity contribution in [3.05, 3.63) is 212 Å². The summed E-state index contributed by atoms with van der Waals surface area (Å²) in [7, 11) is 0. The van der Waals surface area contributed by atoms with E-state index in [2.05, 4.69) is 208 Å². The third-order valence-electron chi connectivity index (χ3n) is 13.8. The Labute approximate surface area is 371 Å². The van der Waals surface area contributed by atoms with E-state index < -0.39 is 0 Å². The maximum atomic E-state index is 6.61. The van der Waals surface area contributed by atoms with Gasteiger partial charge in [0.25, 0.3) is 0 Å². The van der Waals surface area contributed by atoms with Gasteiger partial charge in [-0.2, -0.15) is 0 Å². The molecule has 0 radical (unpaired) electrons. The van der Waals surface area contributed by atoms with Crippen LogP contribution >= 0.6 is 0 Å². The molecule has 1 aliphatic heterocycles. The summed E-state index contributed by atoms with van der Waals surface area (Å²) in [5.41, 5.74) is 16.7. The Morgan fingerprint density at radius 1 is 0.277 bits per heavy atom. The second kappa shape index (κ2) is 12.9. The van der Waals surface area contributed by atoms with E-state index in [0.717, 1.165) is 72.7 Å². The third kappa shape index (κ3) is 4.87. The zero-order valence-electron chi connectivity index (χ0n) is 34.9. The Kier molecular flexibility index (Phi) is 6.89. The molecule has 5 heterocycles. The van der Waals surface area contributed by atoms with E-state index in [1.165, 1.54) is 65.5 Å². The summed E-state index contributed by atoms with van der Waals surface area (Å²) in [6.07, 6.45) is 0. The van der Waals surface area contributed by atoms with E-state index in [4.69, 9.17) is 9.15 Å². The molecular formula is C60H35N3O2. The van der Waals surface area contributed by atoms with Crippen LogP contribution in [0.25, 0.3) is 127 Å². The average molecular weight is 830 g/mol. The molecule has 0 spiro atoms. The van der Waals surface area contributed by atoms with Gasteiger partial charge in [0.2, 0.25) is 0 Å². The number of rotatable bonds is 4. The highest BCUT2D eigenvalue weighted by Gasteiger charge is 2.25. The second-order valence-corrected chi connectivity index (χ2v) is 17.3. The number of benzene rings is 10. The van der Waals surface area contributed by atoms with Gasteiger partial charge in [-0.3, -0.25) is 0 Å². The molecule has 1 aliphatic rings. The van der Waals surface area contributed by atoms with E-state index in [-0.39, 0.29) is 0 Å². The van der Waals surface area contributed by atoms with Crippen molar-refractivity contribution in [1.29, 1.82) is 0 Å². The molecule has 5 nitrogen and oxygen atoms in total. The number of para-hydroxylation sites is 6. The molecule has 0 unspecified atom stereocenters. The van der Waals surface area contributed by atoms with E-state index in [9.17, 15) is 0 Å². The minimum absolute atomic E-state index is 0.867. The summed E-state index contributed by atoms with van der Waals surface area (Å²) < 4.78 is 20.1. The predicted octanol–water partition coefficient (Wildman–Crippen LogP) is 16.3. The first-order valence-corrected chi connectivity index (χ1v) is 22.2. The van der Waals surface area contributed by atoms with Crippen LogP contribution in [0.4, 0.5) is 0 Å². The monoisotopic (exact) mass is 829 g/mol. The van der Waals surface area contributed by atoms with Crippen LogP contribution in [0, 0.1) is 0 Å². The Hall–Kier alpha value is -8.80. The Balaban J connectivity index is 0.829. The molecular weight excluding hydrogens is 795 g/mol. The topological polar surface area (TPSA) is 37.2 Å². The minimum Gasteiger partial charge on any atom is -0.456 e. The summed E-state index contributed by atoms with van der Waals surface area (Å²) in [4.78, 5) is 0. The van der Waals surface area contributed by atoms with E-state index in [1.54, 1.807) is 0 Å². The van der Waals surface area contributed by atoms with Crippen molar-refractivity contribution in [3.8, 4) is 50.8 Å². The van der Waals surface area contributed by atoms with Crippen LogP contribution in [0.3, 0.4) is 0 Å². The van der Waals surface area contributed by atoms with Crippen LogP contribution in [-0.4, -0.2) is 13.7 Å². The minimum atomic E-state index is 0.867. The number of hydrogen-bond donors (Lipinski definition) is 0. The normalized spacial score (nSPS) is 12.4. The van der Waals surface area contributed by atoms with Gasteiger partial charge in [0.15, 0.2) is 11.5 Å². The fourth-order valence-corrected chi connectivity index (χ4v) is 10.9. The van der Waals surface area contributed by atoms with Crippen molar-refractivity contribution in [1.82, 2.24) is 13.7 Å². The molecule has 65 heavy (non-hydrogen) atoms. The number of hydrogen-bond acceptors (Lipinski definition) is 2. The van der Waals surface area contributed by atoms with Gasteiger partial charge in [-0.25, -0.2) is 0 Å². The Morgan fingerprint density at radius 3 is 1.49 bits per heavy atom. The van der Waals surface area contributed by atoms with Gasteiger partial charge in [-0.15, -0.1) is 0 Å². The summed E-state index contributed by atoms with van der Waals surface area (Å²) in [5, 5.41) is 9.57. The quantitative estimate of drug-likeness (QED) is 0.177. The van der Waals surface area contributed by atoms with Crippen molar-refractivity contribution >= 4 is 87.4 Å². The van der Waals surface area contributed by atoms with Gasteiger partial charge < -0.3 is 22.9 Å². The van der Waals surface area contributed by atoms with Crippen molar-refractivity contribution < 1.29 is 9.15 Å². The maximum Gasteiger partial charge on any atom is 0.152 e. The number of nitrogens with zero attached hydrogens (tertiary/aromatic N) is 3. The van der Waals surface area contributed by atoms with Gasteiger partial charge in [-0.1, -0.05) is 109 Å². The average Bonchev–Trinajstić information content (AvgIpc) is 4.10. The summed E-state index contributed by atoms with van der Waals surface area (Å²) in [6, 6.07) is 76.6. The zero-order chi connectivity index (χ0) is 42.3. The van der Waals surface area contributed by atoms with Crippen molar-refractivity contribution in [2.45, 2.75) is 0 Å². The number of aromatic nitrogens is 3. The molecule has 5 heteroatoms. The van der Waals surface area contributed by atoms with Gasteiger partial charge >= 0.3 is 0 Å². The van der Waals surface area contributed by atoms with Crippen LogP contribution in [0.15, 0.2) is 217 Å². The molecule has 0 fully saturated rings. The maximum absolute atomic E-state index is 6.61. The first-order valence-electron chi connectivity index (χ1n) is 22.2. The lowest BCUT2D eigenvalue weighted by Gasteiger charge is -2.21. The van der Waals surface area contributed by atoms with E-state index >= 15 is 0 Å². The van der Waals surface area contributed by atoms with Crippen molar-refractivity contribution in [2.75, 3.05) is 0 Å². The molecule has 0 saturated carbocycles. The van der Waals surface area contributed by atoms with Gasteiger partial charge in [-0.05, 0) is 119 Å². The lowest BCUT2D eigenvalue weighted by molar-refractivity contribution is 0.476. The molecule has 0 saturated heterocycles. The van der Waals surface area contributed by atoms with Crippen LogP contribution in [0.1, 0.15) is 0 Å². The Morgan fingerprint density at radius 2 is 0.785 bits per heavy atom. The molecule has 0 atom stereocenters. The van der Waals surface area contributed by atoms with Crippen LogP contribution in [0.5, 0.6) is 11.5 Å². The first kappa shape index (κ1) is 34.7. The lowest BCUT2D eigenvalue weighted by Crippen LogP contribution is -2.03. The molecule has 10 aromatic carbocycles. The first-order chi connectivity index (χ1) is 32.2. The summed E-state index contributed by atoms with van der Waals surface area (Å²) in [5.74, 6) is 1.74. The molecule has 0 amide bonds. The number of fused-ring (bicyclic) bond motifs is 14. The fraction of sp³-hybridized carbons (Fsp3) is 0. The standard InChI is InChI=1S/C60H35N3O2/c1-5-15-50-42(11-1)47-31-37(38-24-30-54-48(32-38)43-12-2-6-16-51(43)62(54)41-27-28-46-45-14-4-9-19-56(45)64-58(46)35-41)23-29-53(47)61(50)40-25-21-36(22-26-40)39-33-49-44-13-3-7-17-52(44)63-55-18-8-10-20-57(55)65-59(34-39)60(49)63/h1-35H. The van der Waals surface area contributed by atoms with Crippen LogP contribution in [-0.2, 0) is 0 Å². The zero-order valence-corrected chi connectivity index (χ0v) is 34.9. The van der Waals surface area contributed by atoms with Crippen molar-refractivity contribution in [3.63, 3.8) is 0 Å². The predicted molar refractivity (Wildman–Crippen MR) is 268 cm³/mol. The molecule has 302 valence electrons. The Bertz CT molecular complexity index is 4330. The largest absolute Gasteiger partial charge is 0.456 e. The van der Waals surface area contributed by atoms with E-state index in [0.29, 0.717) is 0 Å². The van der Waals surface area contributed by atoms with E-state index in [1.807, 2.05) is 18.2 Å². The molecule has 4 aromatic heterocycles. The SMILES string of the molecule is c1ccc2c(c1)Oc1cc(-c3ccc(-n4c5ccccc5c5cc(-c6ccc7c(c6)c6ccccc6n7-c6ccc7c(c6)oc6ccccc67)ccc54)cc3)cc3c4ccccc4n-2c13. The third-order valence-corrected chi connectivity index (χ3v) is 13.8. The van der Waals surface area contributed by atoms with Crippen molar-refractivity contribution in [2.24, 2.45) is 0 Å². The smallest absolute Gasteiger partial charge is 0.152 e. The molecule has 0 aliphatic carbocycles. The highest BCUT2D eigenvalue weighted by molar-refractivity contribution is 6.15. The summed E-state index contributed by atoms with van der Waals surface area (Å²) >= 11 is 0. The van der Waals surface area contributed by atoms with Crippen LogP contribution < -0.4 is 4.74 Å². The highest BCUT2D eigenvalue weighted by Crippen LogP contribution is 2.47. The number of ether oxygens (including phenoxy) is 1. The molecule has 15 rings (SSSR count).